The molecule has 4 aromatic rings. The second-order valence-corrected chi connectivity index (χ2v) is 7.26. The van der Waals surface area contributed by atoms with E-state index in [9.17, 15) is 14.0 Å². The summed E-state index contributed by atoms with van der Waals surface area (Å²) in [4.78, 5) is 38.6. The number of aromatic nitrogens is 5. The fraction of sp³-hybridized carbons (Fsp3) is 0.238. The molecule has 9 nitrogen and oxygen atoms in total. The molecule has 3 heterocycles. The highest BCUT2D eigenvalue weighted by Crippen LogP contribution is 2.25. The molecule has 160 valence electrons. The van der Waals surface area contributed by atoms with Crippen LogP contribution in [0.5, 0.6) is 5.75 Å². The van der Waals surface area contributed by atoms with Crippen LogP contribution in [0, 0.1) is 12.7 Å². The first-order valence-corrected chi connectivity index (χ1v) is 9.47. The Hall–Kier alpha value is -3.95. The van der Waals surface area contributed by atoms with Gasteiger partial charge in [-0.05, 0) is 19.1 Å². The van der Waals surface area contributed by atoms with Crippen LogP contribution in [0.2, 0.25) is 0 Å². The van der Waals surface area contributed by atoms with E-state index >= 15 is 0 Å². The van der Waals surface area contributed by atoms with Crippen molar-refractivity contribution in [3.05, 3.63) is 70.2 Å². The van der Waals surface area contributed by atoms with Crippen molar-refractivity contribution in [3.63, 3.8) is 0 Å². The van der Waals surface area contributed by atoms with Crippen LogP contribution < -0.4 is 10.3 Å². The third kappa shape index (κ3) is 3.67. The van der Waals surface area contributed by atoms with Crippen LogP contribution in [-0.2, 0) is 13.6 Å². The fourth-order valence-electron chi connectivity index (χ4n) is 3.35. The van der Waals surface area contributed by atoms with Crippen LogP contribution in [-0.4, -0.2) is 48.9 Å². The van der Waals surface area contributed by atoms with Gasteiger partial charge < -0.3 is 19.2 Å². The number of aromatic amines is 1. The Morgan fingerprint density at radius 1 is 1.32 bits per heavy atom. The molecule has 1 N–H and O–H groups in total. The maximum absolute atomic E-state index is 14.6. The molecular formula is C21H21FN6O3. The van der Waals surface area contributed by atoms with Crippen molar-refractivity contribution in [3.8, 4) is 17.0 Å². The van der Waals surface area contributed by atoms with Crippen LogP contribution in [0.25, 0.3) is 16.9 Å². The Labute approximate surface area is 176 Å². The summed E-state index contributed by atoms with van der Waals surface area (Å²) < 4.78 is 22.4. The second-order valence-electron chi connectivity index (χ2n) is 7.26. The second kappa shape index (κ2) is 7.71. The van der Waals surface area contributed by atoms with Crippen LogP contribution >= 0.6 is 0 Å². The van der Waals surface area contributed by atoms with Gasteiger partial charge in [0.15, 0.2) is 0 Å². The predicted octanol–water partition coefficient (Wildman–Crippen LogP) is 2.15. The number of rotatable bonds is 5. The Balaban J connectivity index is 1.72. The van der Waals surface area contributed by atoms with Gasteiger partial charge >= 0.3 is 0 Å². The van der Waals surface area contributed by atoms with Gasteiger partial charge in [-0.25, -0.2) is 14.4 Å². The first-order chi connectivity index (χ1) is 14.8. The summed E-state index contributed by atoms with van der Waals surface area (Å²) in [6.07, 6.45) is 4.72. The molecule has 0 saturated heterocycles. The zero-order chi connectivity index (χ0) is 22.3. The smallest absolute Gasteiger partial charge is 0.294 e. The van der Waals surface area contributed by atoms with Gasteiger partial charge in [0.1, 0.15) is 23.1 Å². The number of H-pyrrole nitrogens is 1. The van der Waals surface area contributed by atoms with E-state index in [2.05, 4.69) is 15.0 Å². The molecule has 0 aliphatic heterocycles. The van der Waals surface area contributed by atoms with Crippen molar-refractivity contribution >= 4 is 11.6 Å². The molecule has 0 aliphatic carbocycles. The number of methoxy groups -OCH3 is 1. The minimum absolute atomic E-state index is 0.0748. The number of amides is 1. The number of hydrogen-bond donors (Lipinski definition) is 1. The molecule has 0 unspecified atom stereocenters. The summed E-state index contributed by atoms with van der Waals surface area (Å²) in [6, 6.07) is 4.40. The minimum Gasteiger partial charge on any atom is -0.497 e. The zero-order valence-corrected chi connectivity index (χ0v) is 17.5. The van der Waals surface area contributed by atoms with Crippen molar-refractivity contribution in [2.45, 2.75) is 13.5 Å². The van der Waals surface area contributed by atoms with Crippen LogP contribution in [0.1, 0.15) is 22.0 Å². The lowest BCUT2D eigenvalue weighted by molar-refractivity contribution is 0.0776. The molecular weight excluding hydrogens is 403 g/mol. The molecule has 0 atom stereocenters. The summed E-state index contributed by atoms with van der Waals surface area (Å²) in [5, 5.41) is 0. The van der Waals surface area contributed by atoms with Gasteiger partial charge in [0, 0.05) is 50.0 Å². The highest BCUT2D eigenvalue weighted by atomic mass is 19.1. The number of carbonyl (C=O) groups is 1. The Bertz CT molecular complexity index is 1350. The quantitative estimate of drug-likeness (QED) is 0.530. The Kier molecular flexibility index (Phi) is 5.05. The largest absolute Gasteiger partial charge is 0.497 e. The normalized spacial score (nSPS) is 11.1. The minimum atomic E-state index is -0.529. The molecule has 3 aromatic heterocycles. The van der Waals surface area contributed by atoms with E-state index in [0.717, 1.165) is 5.69 Å². The molecule has 31 heavy (non-hydrogen) atoms. The monoisotopic (exact) mass is 424 g/mol. The number of carbonyl (C=O) groups excluding carboxylic acids is 1. The molecule has 1 aromatic carbocycles. The predicted molar refractivity (Wildman–Crippen MR) is 112 cm³/mol. The van der Waals surface area contributed by atoms with Crippen molar-refractivity contribution in [1.29, 1.82) is 0 Å². The molecule has 0 saturated carbocycles. The average molecular weight is 424 g/mol. The zero-order valence-electron chi connectivity index (χ0n) is 17.5. The highest BCUT2D eigenvalue weighted by molar-refractivity contribution is 5.92. The Morgan fingerprint density at radius 3 is 2.74 bits per heavy atom. The number of benzene rings is 1. The SMILES string of the molecule is COc1ccc(-c2cn3cc(C(=O)N(C)Cc4ncc(C)[nH]4)nc3c(=O)n2C)c(F)c1. The molecule has 4 rings (SSSR count). The number of aryl methyl sites for hydroxylation is 1. The van der Waals surface area contributed by atoms with E-state index in [1.165, 1.54) is 46.4 Å². The Morgan fingerprint density at radius 2 is 2.10 bits per heavy atom. The van der Waals surface area contributed by atoms with Gasteiger partial charge in [0.05, 0.1) is 19.3 Å². The first kappa shape index (κ1) is 20.3. The number of ether oxygens (including phenoxy) is 1. The molecule has 10 heteroatoms. The van der Waals surface area contributed by atoms with Gasteiger partial charge in [-0.1, -0.05) is 0 Å². The summed E-state index contributed by atoms with van der Waals surface area (Å²) >= 11 is 0. The van der Waals surface area contributed by atoms with E-state index in [4.69, 9.17) is 4.74 Å². The molecule has 1 amide bonds. The lowest BCUT2D eigenvalue weighted by atomic mass is 10.1. The van der Waals surface area contributed by atoms with Crippen molar-refractivity contribution < 1.29 is 13.9 Å². The number of hydrogen-bond acceptors (Lipinski definition) is 5. The van der Waals surface area contributed by atoms with Crippen LogP contribution in [0.15, 0.2) is 41.6 Å². The summed E-state index contributed by atoms with van der Waals surface area (Å²) in [6.45, 7) is 2.14. The molecule has 0 fully saturated rings. The van der Waals surface area contributed by atoms with Crippen LogP contribution in [0.3, 0.4) is 0 Å². The third-order valence-electron chi connectivity index (χ3n) is 5.01. The van der Waals surface area contributed by atoms with E-state index in [0.29, 0.717) is 17.3 Å². The first-order valence-electron chi connectivity index (χ1n) is 9.47. The van der Waals surface area contributed by atoms with Crippen LogP contribution in [0.4, 0.5) is 4.39 Å². The molecule has 0 radical (unpaired) electrons. The van der Waals surface area contributed by atoms with Crippen molar-refractivity contribution in [2.24, 2.45) is 7.05 Å². The van der Waals surface area contributed by atoms with Crippen molar-refractivity contribution in [1.82, 2.24) is 28.8 Å². The number of imidazole rings is 2. The van der Waals surface area contributed by atoms with Gasteiger partial charge in [-0.2, -0.15) is 0 Å². The summed E-state index contributed by atoms with van der Waals surface area (Å²) in [7, 11) is 4.60. The maximum atomic E-state index is 14.6. The van der Waals surface area contributed by atoms with E-state index in [1.807, 2.05) is 6.92 Å². The number of nitrogens with zero attached hydrogens (tertiary/aromatic N) is 5. The average Bonchev–Trinajstić information content (AvgIpc) is 3.36. The highest BCUT2D eigenvalue weighted by Gasteiger charge is 2.20. The van der Waals surface area contributed by atoms with Gasteiger partial charge in [-0.3, -0.25) is 14.0 Å². The number of halogens is 1. The van der Waals surface area contributed by atoms with Crippen molar-refractivity contribution in [2.75, 3.05) is 14.2 Å². The standard InChI is InChI=1S/C21H21FN6O3/c1-12-8-23-18(24-12)11-26(2)20(29)16-9-28-10-17(27(3)21(30)19(28)25-16)14-6-5-13(31-4)7-15(14)22/h5-10H,11H2,1-4H3,(H,23,24). The number of fused-ring (bicyclic) bond motifs is 1. The van der Waals surface area contributed by atoms with Gasteiger partial charge in [0.25, 0.3) is 11.5 Å². The third-order valence-corrected chi connectivity index (χ3v) is 5.01. The molecule has 0 aliphatic rings. The molecule has 0 bridgehead atoms. The summed E-state index contributed by atoms with van der Waals surface area (Å²) in [5.41, 5.74) is 1.20. The lowest BCUT2D eigenvalue weighted by Gasteiger charge is -2.13. The van der Waals surface area contributed by atoms with E-state index < -0.39 is 11.4 Å². The lowest BCUT2D eigenvalue weighted by Crippen LogP contribution is -2.27. The summed E-state index contributed by atoms with van der Waals surface area (Å²) in [5.74, 6) is 0.124. The topological polar surface area (TPSA) is 97.5 Å². The number of nitrogens with one attached hydrogen (secondary N) is 1. The molecule has 0 spiro atoms. The maximum Gasteiger partial charge on any atom is 0.294 e. The van der Waals surface area contributed by atoms with E-state index in [1.54, 1.807) is 25.5 Å². The van der Waals surface area contributed by atoms with Gasteiger partial charge in [0.2, 0.25) is 5.65 Å². The van der Waals surface area contributed by atoms with E-state index in [-0.39, 0.29) is 29.4 Å². The van der Waals surface area contributed by atoms with Gasteiger partial charge in [-0.15, -0.1) is 0 Å². The fourth-order valence-corrected chi connectivity index (χ4v) is 3.35.